The summed E-state index contributed by atoms with van der Waals surface area (Å²) < 4.78 is 5.44. The number of rotatable bonds is 5. The van der Waals surface area contributed by atoms with E-state index in [2.05, 4.69) is 6.07 Å². The van der Waals surface area contributed by atoms with Gasteiger partial charge in [0.15, 0.2) is 11.2 Å². The number of carbonyl (C=O) groups is 2. The third-order valence-electron chi connectivity index (χ3n) is 6.81. The van der Waals surface area contributed by atoms with Gasteiger partial charge in [-0.3, -0.25) is 19.7 Å². The molecule has 1 fully saturated rings. The zero-order valence-electron chi connectivity index (χ0n) is 20.1. The molecule has 0 N–H and O–H groups in total. The highest BCUT2D eigenvalue weighted by Gasteiger charge is 2.67. The second-order valence-corrected chi connectivity index (χ2v) is 9.86. The summed E-state index contributed by atoms with van der Waals surface area (Å²) in [6, 6.07) is 13.9. The van der Waals surface area contributed by atoms with Crippen molar-refractivity contribution >= 4 is 29.2 Å². The minimum absolute atomic E-state index is 0.0696. The molecule has 4 atom stereocenters. The third kappa shape index (κ3) is 3.68. The van der Waals surface area contributed by atoms with Crippen LogP contribution in [0.15, 0.2) is 54.6 Å². The monoisotopic (exact) mass is 473 g/mol. The van der Waals surface area contributed by atoms with Crippen LogP contribution in [0.1, 0.15) is 44.7 Å². The fourth-order valence-corrected chi connectivity index (χ4v) is 5.24. The van der Waals surface area contributed by atoms with E-state index in [0.29, 0.717) is 5.56 Å². The Labute approximate surface area is 204 Å². The lowest BCUT2D eigenvalue weighted by Gasteiger charge is -2.37. The SMILES string of the molecule is CCOC(=O)[C@@]1(C#N)[C@H](c2ccc([N+](=O)[O-])cc2)[C@@H](C(=O)C(C)(C)C)N2c3ccccc3C=C[C@H]21. The maximum absolute atomic E-state index is 14.0. The fourth-order valence-electron chi connectivity index (χ4n) is 5.24. The van der Waals surface area contributed by atoms with Crippen LogP contribution < -0.4 is 4.90 Å². The van der Waals surface area contributed by atoms with E-state index < -0.39 is 39.7 Å². The topological polar surface area (TPSA) is 114 Å². The van der Waals surface area contributed by atoms with Gasteiger partial charge in [-0.1, -0.05) is 63.3 Å². The molecule has 4 rings (SSSR count). The van der Waals surface area contributed by atoms with E-state index in [9.17, 15) is 25.0 Å². The minimum Gasteiger partial charge on any atom is -0.465 e. The lowest BCUT2D eigenvalue weighted by Crippen LogP contribution is -2.48. The van der Waals surface area contributed by atoms with Crippen LogP contribution in [0.3, 0.4) is 0 Å². The number of ketones is 1. The van der Waals surface area contributed by atoms with E-state index in [0.717, 1.165) is 11.3 Å². The Morgan fingerprint density at radius 1 is 1.17 bits per heavy atom. The minimum atomic E-state index is -1.75. The largest absolute Gasteiger partial charge is 0.465 e. The lowest BCUT2D eigenvalue weighted by atomic mass is 9.67. The van der Waals surface area contributed by atoms with Crippen LogP contribution >= 0.6 is 0 Å². The van der Waals surface area contributed by atoms with Crippen LogP contribution in [0.2, 0.25) is 0 Å². The summed E-state index contributed by atoms with van der Waals surface area (Å²) in [5.41, 5.74) is -0.543. The molecule has 0 radical (unpaired) electrons. The number of para-hydroxylation sites is 1. The number of anilines is 1. The molecule has 8 nitrogen and oxygen atoms in total. The molecule has 0 bridgehead atoms. The van der Waals surface area contributed by atoms with Gasteiger partial charge in [-0.15, -0.1) is 0 Å². The Bertz CT molecular complexity index is 1250. The van der Waals surface area contributed by atoms with E-state index in [-0.39, 0.29) is 18.1 Å². The van der Waals surface area contributed by atoms with Gasteiger partial charge in [-0.05, 0) is 24.1 Å². The number of nitro groups is 1. The Morgan fingerprint density at radius 2 is 1.83 bits per heavy atom. The first kappa shape index (κ1) is 24.1. The molecule has 0 aromatic heterocycles. The fraction of sp³-hybridized carbons (Fsp3) is 0.370. The summed E-state index contributed by atoms with van der Waals surface area (Å²) in [6.45, 7) is 7.15. The van der Waals surface area contributed by atoms with Gasteiger partial charge in [-0.2, -0.15) is 5.26 Å². The van der Waals surface area contributed by atoms with Crippen molar-refractivity contribution in [3.63, 3.8) is 0 Å². The summed E-state index contributed by atoms with van der Waals surface area (Å²) in [7, 11) is 0. The Morgan fingerprint density at radius 3 is 2.40 bits per heavy atom. The molecule has 0 aliphatic carbocycles. The standard InChI is InChI=1S/C27H27N3O5/c1-5-35-25(32)27(16-28)21-15-12-17-8-6-7-9-20(17)29(21)23(24(31)26(2,3)4)22(27)18-10-13-19(14-11-18)30(33)34/h6-15,21-23H,5H2,1-4H3/t21-,22+,23-,27+/m0/s1. The van der Waals surface area contributed by atoms with Gasteiger partial charge in [0.05, 0.1) is 29.7 Å². The molecule has 0 unspecified atom stereocenters. The van der Waals surface area contributed by atoms with Crippen molar-refractivity contribution in [1.29, 1.82) is 5.26 Å². The number of esters is 1. The van der Waals surface area contributed by atoms with Crippen LogP contribution in [0, 0.1) is 32.3 Å². The summed E-state index contributed by atoms with van der Waals surface area (Å²) in [5.74, 6) is -1.77. The maximum Gasteiger partial charge on any atom is 0.329 e. The van der Waals surface area contributed by atoms with Crippen LogP contribution in [0.5, 0.6) is 0 Å². The molecule has 2 aliphatic rings. The molecule has 2 heterocycles. The predicted molar refractivity (Wildman–Crippen MR) is 131 cm³/mol. The highest BCUT2D eigenvalue weighted by Crippen LogP contribution is 2.57. The number of ether oxygens (including phenoxy) is 1. The van der Waals surface area contributed by atoms with Crippen molar-refractivity contribution in [2.75, 3.05) is 11.5 Å². The van der Waals surface area contributed by atoms with Crippen molar-refractivity contribution in [2.24, 2.45) is 10.8 Å². The molecule has 8 heteroatoms. The van der Waals surface area contributed by atoms with Gasteiger partial charge in [0, 0.05) is 29.2 Å². The van der Waals surface area contributed by atoms with Gasteiger partial charge in [0.25, 0.3) is 5.69 Å². The van der Waals surface area contributed by atoms with E-state index in [4.69, 9.17) is 4.74 Å². The number of nitrogens with zero attached hydrogens (tertiary/aromatic N) is 3. The number of hydrogen-bond acceptors (Lipinski definition) is 7. The molecule has 0 spiro atoms. The Kier molecular flexibility index (Phi) is 5.97. The van der Waals surface area contributed by atoms with Crippen molar-refractivity contribution in [3.8, 4) is 6.07 Å². The smallest absolute Gasteiger partial charge is 0.329 e. The molecule has 0 saturated carbocycles. The van der Waals surface area contributed by atoms with Crippen molar-refractivity contribution in [3.05, 3.63) is 75.8 Å². The molecular weight excluding hydrogens is 446 g/mol. The molecule has 1 saturated heterocycles. The number of fused-ring (bicyclic) bond motifs is 3. The number of Topliss-reactive ketones (excluding diaryl/α,β-unsaturated/α-hetero) is 1. The predicted octanol–water partition coefficient (Wildman–Crippen LogP) is 4.65. The van der Waals surface area contributed by atoms with Crippen molar-refractivity contribution in [1.82, 2.24) is 0 Å². The Balaban J connectivity index is 2.04. The van der Waals surface area contributed by atoms with Gasteiger partial charge >= 0.3 is 5.97 Å². The number of benzene rings is 2. The number of nitro benzene ring substituents is 1. The van der Waals surface area contributed by atoms with E-state index >= 15 is 0 Å². The van der Waals surface area contributed by atoms with Crippen molar-refractivity contribution in [2.45, 2.75) is 45.7 Å². The summed E-state index contributed by atoms with van der Waals surface area (Å²) >= 11 is 0. The zero-order chi connectivity index (χ0) is 25.5. The molecule has 0 amide bonds. The maximum atomic E-state index is 14.0. The first-order chi connectivity index (χ1) is 16.6. The first-order valence-electron chi connectivity index (χ1n) is 11.5. The molecule has 35 heavy (non-hydrogen) atoms. The quantitative estimate of drug-likeness (QED) is 0.353. The lowest BCUT2D eigenvalue weighted by molar-refractivity contribution is -0.384. The molecular formula is C27H27N3O5. The van der Waals surface area contributed by atoms with Gasteiger partial charge in [0.1, 0.15) is 0 Å². The van der Waals surface area contributed by atoms with Crippen LogP contribution in [0.25, 0.3) is 6.08 Å². The number of carbonyl (C=O) groups excluding carboxylic acids is 2. The molecule has 2 aromatic rings. The molecule has 2 aliphatic heterocycles. The van der Waals surface area contributed by atoms with Crippen LogP contribution in [-0.2, 0) is 14.3 Å². The highest BCUT2D eigenvalue weighted by molar-refractivity contribution is 5.99. The first-order valence-corrected chi connectivity index (χ1v) is 11.5. The van der Waals surface area contributed by atoms with Crippen LogP contribution in [-0.4, -0.2) is 35.4 Å². The normalized spacial score (nSPS) is 24.8. The van der Waals surface area contributed by atoms with Gasteiger partial charge < -0.3 is 9.64 Å². The number of nitriles is 1. The summed E-state index contributed by atoms with van der Waals surface area (Å²) in [6.07, 6.45) is 3.65. The number of hydrogen-bond donors (Lipinski definition) is 0. The second-order valence-electron chi connectivity index (χ2n) is 9.86. The third-order valence-corrected chi connectivity index (χ3v) is 6.81. The summed E-state index contributed by atoms with van der Waals surface area (Å²) in [4.78, 5) is 40.3. The van der Waals surface area contributed by atoms with E-state index in [1.165, 1.54) is 24.3 Å². The highest BCUT2D eigenvalue weighted by atomic mass is 16.6. The second kappa shape index (κ2) is 8.66. The number of non-ortho nitro benzene ring substituents is 1. The Hall–Kier alpha value is -3.99. The summed E-state index contributed by atoms with van der Waals surface area (Å²) in [5, 5.41) is 21.9. The van der Waals surface area contributed by atoms with Crippen molar-refractivity contribution < 1.29 is 19.2 Å². The van der Waals surface area contributed by atoms with Crippen LogP contribution in [0.4, 0.5) is 11.4 Å². The zero-order valence-corrected chi connectivity index (χ0v) is 20.1. The van der Waals surface area contributed by atoms with E-state index in [1.807, 2.05) is 35.2 Å². The van der Waals surface area contributed by atoms with Gasteiger partial charge in [0.2, 0.25) is 0 Å². The van der Waals surface area contributed by atoms with Gasteiger partial charge in [-0.25, -0.2) is 0 Å². The average molecular weight is 474 g/mol. The average Bonchev–Trinajstić information content (AvgIpc) is 3.14. The molecule has 180 valence electrons. The molecule has 2 aromatic carbocycles. The van der Waals surface area contributed by atoms with E-state index in [1.54, 1.807) is 33.8 Å².